The number of aromatic nitrogens is 1. The number of alkyl halides is 3. The van der Waals surface area contributed by atoms with Gasteiger partial charge in [-0.05, 0) is 24.6 Å². The molecule has 0 aliphatic rings. The van der Waals surface area contributed by atoms with E-state index in [1.807, 2.05) is 13.8 Å². The summed E-state index contributed by atoms with van der Waals surface area (Å²) in [5, 5.41) is 11.7. The van der Waals surface area contributed by atoms with E-state index in [0.717, 1.165) is 11.8 Å². The second-order valence-corrected chi connectivity index (χ2v) is 4.98. The third-order valence-corrected chi connectivity index (χ3v) is 2.79. The van der Waals surface area contributed by atoms with Gasteiger partial charge in [0.15, 0.2) is 5.82 Å². The Hall–Kier alpha value is -2.69. The lowest BCUT2D eigenvalue weighted by Gasteiger charge is -2.10. The highest BCUT2D eigenvalue weighted by atomic mass is 19.4. The Morgan fingerprint density at radius 1 is 1.30 bits per heavy atom. The van der Waals surface area contributed by atoms with Crippen molar-refractivity contribution in [3.63, 3.8) is 0 Å². The summed E-state index contributed by atoms with van der Waals surface area (Å²) in [4.78, 5) is 0. The quantitative estimate of drug-likeness (QED) is 0.833. The number of hydrogen-bond donors (Lipinski definition) is 1. The molecule has 2 aromatic rings. The maximum Gasteiger partial charge on any atom is 0.416 e. The van der Waals surface area contributed by atoms with Crippen molar-refractivity contribution >= 4 is 5.82 Å². The summed E-state index contributed by atoms with van der Waals surface area (Å²) >= 11 is 0. The van der Waals surface area contributed by atoms with Crippen molar-refractivity contribution in [2.75, 3.05) is 5.73 Å². The molecule has 0 amide bonds. The van der Waals surface area contributed by atoms with Crippen molar-refractivity contribution in [2.45, 2.75) is 32.9 Å². The van der Waals surface area contributed by atoms with Crippen LogP contribution >= 0.6 is 0 Å². The summed E-state index contributed by atoms with van der Waals surface area (Å²) in [6.07, 6.45) is -3.10. The van der Waals surface area contributed by atoms with Crippen LogP contribution in [0.4, 0.5) is 19.0 Å². The van der Waals surface area contributed by atoms with Crippen molar-refractivity contribution in [3.8, 4) is 12.0 Å². The Morgan fingerprint density at radius 2 is 1.96 bits per heavy atom. The first-order valence-electron chi connectivity index (χ1n) is 6.61. The molecule has 23 heavy (non-hydrogen) atoms. The van der Waals surface area contributed by atoms with Crippen LogP contribution < -0.4 is 10.5 Å². The molecule has 1 aromatic carbocycles. The summed E-state index contributed by atoms with van der Waals surface area (Å²) in [7, 11) is 0. The second kappa shape index (κ2) is 7.54. The topological polar surface area (TPSA) is 85.1 Å². The highest BCUT2D eigenvalue weighted by Crippen LogP contribution is 2.33. The number of nitrogen functional groups attached to an aromatic ring is 1. The first-order valence-corrected chi connectivity index (χ1v) is 6.61. The summed E-state index contributed by atoms with van der Waals surface area (Å²) in [6, 6.07) is 5.12. The van der Waals surface area contributed by atoms with Crippen LogP contribution in [0, 0.1) is 18.4 Å². The average molecular weight is 327 g/mol. The molecule has 0 fully saturated rings. The van der Waals surface area contributed by atoms with E-state index in [2.05, 4.69) is 9.89 Å². The van der Waals surface area contributed by atoms with Gasteiger partial charge in [-0.1, -0.05) is 25.1 Å². The number of ether oxygens (including phenoxy) is 1. The molecule has 124 valence electrons. The van der Waals surface area contributed by atoms with Gasteiger partial charge in [-0.15, -0.1) is 5.26 Å². The van der Waals surface area contributed by atoms with E-state index in [0.29, 0.717) is 11.7 Å². The number of hydrogen-bond acceptors (Lipinski definition) is 5. The standard InChI is InChI=1S/C9H6F3NO.C6H10N2O/c1-6-2-3-7(14-5-13)4-8(6)9(10,11)12;1-4(2)5-3-6(7)8-9-5/h2-4H,1H3;3-4H,1-2H3,(H2,7,8). The van der Waals surface area contributed by atoms with E-state index in [1.54, 1.807) is 6.07 Å². The molecule has 1 heterocycles. The number of nitriles is 1. The molecule has 2 rings (SSSR count). The molecule has 8 heteroatoms. The maximum absolute atomic E-state index is 12.3. The number of halogens is 3. The van der Waals surface area contributed by atoms with Gasteiger partial charge in [0, 0.05) is 12.0 Å². The normalized spacial score (nSPS) is 10.7. The molecular formula is C15H16F3N3O2. The molecule has 5 nitrogen and oxygen atoms in total. The number of nitrogens with two attached hydrogens (primary N) is 1. The predicted octanol–water partition coefficient (Wildman–Crippen LogP) is 4.25. The molecule has 0 bridgehead atoms. The average Bonchev–Trinajstić information content (AvgIpc) is 2.88. The number of anilines is 1. The van der Waals surface area contributed by atoms with Gasteiger partial charge in [-0.2, -0.15) is 13.2 Å². The highest BCUT2D eigenvalue weighted by molar-refractivity contribution is 5.37. The third kappa shape index (κ3) is 5.54. The van der Waals surface area contributed by atoms with Crippen LogP contribution in [0.3, 0.4) is 0 Å². The van der Waals surface area contributed by atoms with Gasteiger partial charge in [0.25, 0.3) is 6.26 Å². The Labute approximate surface area is 131 Å². The molecule has 0 saturated carbocycles. The van der Waals surface area contributed by atoms with Crippen LogP contribution in [0.5, 0.6) is 5.75 Å². The highest BCUT2D eigenvalue weighted by Gasteiger charge is 2.32. The van der Waals surface area contributed by atoms with Gasteiger partial charge in [-0.3, -0.25) is 0 Å². The first-order chi connectivity index (χ1) is 10.6. The van der Waals surface area contributed by atoms with Crippen molar-refractivity contribution in [1.29, 1.82) is 5.26 Å². The van der Waals surface area contributed by atoms with Gasteiger partial charge < -0.3 is 15.0 Å². The van der Waals surface area contributed by atoms with Gasteiger partial charge in [0.1, 0.15) is 11.5 Å². The van der Waals surface area contributed by atoms with E-state index in [9.17, 15) is 13.2 Å². The van der Waals surface area contributed by atoms with Crippen LogP contribution in [-0.4, -0.2) is 5.16 Å². The number of benzene rings is 1. The van der Waals surface area contributed by atoms with Crippen molar-refractivity contribution in [1.82, 2.24) is 5.16 Å². The van der Waals surface area contributed by atoms with Crippen LogP contribution in [-0.2, 0) is 6.18 Å². The minimum atomic E-state index is -4.42. The molecule has 0 saturated heterocycles. The molecule has 0 aliphatic carbocycles. The number of nitrogens with zero attached hydrogens (tertiary/aromatic N) is 2. The van der Waals surface area contributed by atoms with E-state index in [1.165, 1.54) is 25.3 Å². The zero-order valence-electron chi connectivity index (χ0n) is 12.8. The molecule has 0 spiro atoms. The fourth-order valence-corrected chi connectivity index (χ4v) is 1.60. The van der Waals surface area contributed by atoms with E-state index >= 15 is 0 Å². The monoisotopic (exact) mass is 327 g/mol. The van der Waals surface area contributed by atoms with Gasteiger partial charge in [0.2, 0.25) is 0 Å². The zero-order chi connectivity index (χ0) is 17.6. The van der Waals surface area contributed by atoms with Crippen LogP contribution in [0.25, 0.3) is 0 Å². The number of aryl methyl sites for hydroxylation is 1. The summed E-state index contributed by atoms with van der Waals surface area (Å²) in [6.45, 7) is 5.40. The molecular weight excluding hydrogens is 311 g/mol. The molecule has 1 aromatic heterocycles. The van der Waals surface area contributed by atoms with Gasteiger partial charge in [0.05, 0.1) is 5.56 Å². The van der Waals surface area contributed by atoms with E-state index < -0.39 is 11.7 Å². The number of rotatable bonds is 2. The van der Waals surface area contributed by atoms with Gasteiger partial charge in [-0.25, -0.2) is 0 Å². The molecule has 0 radical (unpaired) electrons. The van der Waals surface area contributed by atoms with Crippen molar-refractivity contribution in [2.24, 2.45) is 0 Å². The lowest BCUT2D eigenvalue weighted by Crippen LogP contribution is -2.07. The Morgan fingerprint density at radius 3 is 2.35 bits per heavy atom. The van der Waals surface area contributed by atoms with Crippen molar-refractivity contribution < 1.29 is 22.4 Å². The SMILES string of the molecule is CC(C)c1cc(N)no1.Cc1ccc(OC#N)cc1C(F)(F)F. The first kappa shape index (κ1) is 18.4. The zero-order valence-corrected chi connectivity index (χ0v) is 12.8. The second-order valence-electron chi connectivity index (χ2n) is 4.98. The smallest absolute Gasteiger partial charge is 0.388 e. The third-order valence-electron chi connectivity index (χ3n) is 2.79. The summed E-state index contributed by atoms with van der Waals surface area (Å²) in [5.74, 6) is 1.56. The minimum absolute atomic E-state index is 0.0998. The largest absolute Gasteiger partial charge is 0.416 e. The molecule has 2 N–H and O–H groups in total. The summed E-state index contributed by atoms with van der Waals surface area (Å²) in [5.41, 5.74) is 4.62. The minimum Gasteiger partial charge on any atom is -0.388 e. The van der Waals surface area contributed by atoms with Crippen LogP contribution in [0.1, 0.15) is 36.7 Å². The van der Waals surface area contributed by atoms with Crippen molar-refractivity contribution in [3.05, 3.63) is 41.2 Å². The van der Waals surface area contributed by atoms with Crippen LogP contribution in [0.15, 0.2) is 28.8 Å². The molecule has 0 atom stereocenters. The maximum atomic E-state index is 12.3. The lowest BCUT2D eigenvalue weighted by atomic mass is 10.1. The lowest BCUT2D eigenvalue weighted by molar-refractivity contribution is -0.138. The Bertz CT molecular complexity index is 688. The van der Waals surface area contributed by atoms with E-state index in [4.69, 9.17) is 15.5 Å². The van der Waals surface area contributed by atoms with Gasteiger partial charge >= 0.3 is 6.18 Å². The van der Waals surface area contributed by atoms with E-state index in [-0.39, 0.29) is 11.3 Å². The predicted molar refractivity (Wildman–Crippen MR) is 77.4 cm³/mol. The van der Waals surface area contributed by atoms with Crippen LogP contribution in [0.2, 0.25) is 0 Å². The molecule has 0 aliphatic heterocycles. The summed E-state index contributed by atoms with van der Waals surface area (Å²) < 4.78 is 46.1. The Balaban J connectivity index is 0.000000253. The fraction of sp³-hybridized carbons (Fsp3) is 0.333. The Kier molecular flexibility index (Phi) is 6.02. The molecule has 0 unspecified atom stereocenters. The fourth-order valence-electron chi connectivity index (χ4n) is 1.60.